The summed E-state index contributed by atoms with van der Waals surface area (Å²) >= 11 is 16.4. The van der Waals surface area contributed by atoms with Crippen molar-refractivity contribution in [1.29, 1.82) is 0 Å². The van der Waals surface area contributed by atoms with Crippen molar-refractivity contribution < 1.29 is 44.8 Å². The molecule has 11 nitrogen and oxygen atoms in total. The summed E-state index contributed by atoms with van der Waals surface area (Å²) in [6, 6.07) is 5.93. The number of carbonyl (C=O) groups excluding carboxylic acids is 2. The number of quaternary nitrogens is 1. The summed E-state index contributed by atoms with van der Waals surface area (Å²) in [5.74, 6) is -2.56. The molecule has 4 rings (SSSR count). The quantitative estimate of drug-likeness (QED) is 0.0901. The molecule has 1 saturated heterocycles. The molecule has 16 heteroatoms. The van der Waals surface area contributed by atoms with Gasteiger partial charge in [0.15, 0.2) is 25.0 Å². The molecule has 0 aliphatic carbocycles. The smallest absolute Gasteiger partial charge is 0.352 e. The number of carboxylic acids is 2. The number of aliphatic carboxylic acids is 2. The van der Waals surface area contributed by atoms with Gasteiger partial charge in [-0.05, 0) is 29.3 Å². The number of nitrogens with one attached hydrogen (secondary N) is 1. The van der Waals surface area contributed by atoms with Crippen molar-refractivity contribution in [2.24, 2.45) is 0 Å². The number of halogens is 2. The molecule has 0 saturated carbocycles. The Bertz CT molecular complexity index is 1490. The number of β-lactam (4-membered cyclic amide) rings is 1. The second kappa shape index (κ2) is 14.8. The van der Waals surface area contributed by atoms with Gasteiger partial charge in [0.05, 0.1) is 10.8 Å². The van der Waals surface area contributed by atoms with E-state index in [0.717, 1.165) is 22.7 Å². The molecule has 2 aliphatic heterocycles. The highest BCUT2D eigenvalue weighted by Gasteiger charge is 2.54. The Hall–Kier alpha value is -2.72. The summed E-state index contributed by atoms with van der Waals surface area (Å²) in [5.41, 5.74) is 4.66. The first kappa shape index (κ1) is 33.2. The number of hydrogen-bond acceptors (Lipinski definition) is 8. The summed E-state index contributed by atoms with van der Waals surface area (Å²) in [6.45, 7) is 0.833. The number of aliphatic hydroxyl groups excluding tert-OH is 1. The fourth-order valence-electron chi connectivity index (χ4n) is 4.26. The molecule has 2 aromatic rings. The van der Waals surface area contributed by atoms with Crippen molar-refractivity contribution in [3.8, 4) is 0 Å². The van der Waals surface area contributed by atoms with E-state index >= 15 is 0 Å². The highest BCUT2D eigenvalue weighted by molar-refractivity contribution is 8.01. The molecule has 1 aromatic heterocycles. The fourth-order valence-corrected chi connectivity index (χ4v) is 8.03. The van der Waals surface area contributed by atoms with E-state index in [2.05, 4.69) is 11.1 Å². The summed E-state index contributed by atoms with van der Waals surface area (Å²) in [5, 5.41) is 31.2. The van der Waals surface area contributed by atoms with Crippen molar-refractivity contribution in [3.63, 3.8) is 0 Å². The molecule has 0 radical (unpaired) electrons. The van der Waals surface area contributed by atoms with Crippen LogP contribution in [-0.4, -0.2) is 85.3 Å². The van der Waals surface area contributed by atoms with Crippen LogP contribution in [0.1, 0.15) is 5.56 Å². The highest BCUT2D eigenvalue weighted by Crippen LogP contribution is 2.42. The minimum Gasteiger partial charge on any atom is -0.478 e. The van der Waals surface area contributed by atoms with Crippen LogP contribution in [-0.2, 0) is 25.7 Å². The van der Waals surface area contributed by atoms with Gasteiger partial charge in [-0.1, -0.05) is 23.2 Å². The number of benzene rings is 1. The molecule has 3 heterocycles. The van der Waals surface area contributed by atoms with Crippen LogP contribution in [0.3, 0.4) is 0 Å². The Morgan fingerprint density at radius 1 is 1.19 bits per heavy atom. The molecule has 228 valence electrons. The molecule has 43 heavy (non-hydrogen) atoms. The Labute approximate surface area is 269 Å². The molecule has 1 fully saturated rings. The normalized spacial score (nSPS) is 18.8. The second-order valence-electron chi connectivity index (χ2n) is 9.44. The van der Waals surface area contributed by atoms with Crippen LogP contribution in [0.4, 0.5) is 0 Å². The van der Waals surface area contributed by atoms with Crippen LogP contribution >= 0.6 is 58.5 Å². The number of thioether (sulfide) groups is 3. The van der Waals surface area contributed by atoms with Crippen molar-refractivity contribution in [1.82, 2.24) is 10.2 Å². The lowest BCUT2D eigenvalue weighted by molar-refractivity contribution is -0.706. The van der Waals surface area contributed by atoms with Gasteiger partial charge in [-0.25, -0.2) is 14.2 Å². The first-order chi connectivity index (χ1) is 20.5. The number of rotatable bonds is 13. The van der Waals surface area contributed by atoms with Crippen molar-refractivity contribution >= 4 is 88.3 Å². The van der Waals surface area contributed by atoms with Gasteiger partial charge in [0.2, 0.25) is 5.91 Å². The largest absolute Gasteiger partial charge is 0.478 e. The minimum atomic E-state index is -1.20. The van der Waals surface area contributed by atoms with Gasteiger partial charge >= 0.3 is 11.9 Å². The number of nitrogens with zero attached hydrogens (tertiary/aromatic N) is 2. The lowest BCUT2D eigenvalue weighted by atomic mass is 10.0. The number of hydrogen-bond donors (Lipinski definition) is 5. The third-order valence-corrected chi connectivity index (χ3v) is 10.7. The molecule has 2 amide bonds. The van der Waals surface area contributed by atoms with Gasteiger partial charge in [0.25, 0.3) is 5.91 Å². The standard InChI is InChI=1S/C27H26Cl2N4O7S3/c28-18-8-20(19(29)7-14(18)1-2-22(36)37)42-13-21(35)31-23-25(38)33-24(27(39)40)15(12-43-26(23)33)11-41-17-3-5-32(6-4-17)10-16(34)9-30/h1-8,16,23,26,34H,9-13,30H2,(H2-,31,35,36,37,39,40)/p+2/b2-1+/t16?,23-,26-/m1/s1. The number of carboxylic acid groups (broad SMARTS) is 2. The summed E-state index contributed by atoms with van der Waals surface area (Å²) in [6.07, 6.45) is 5.38. The zero-order valence-corrected chi connectivity index (χ0v) is 26.4. The molecule has 0 spiro atoms. The number of carbonyl (C=O) groups is 4. The summed E-state index contributed by atoms with van der Waals surface area (Å²) < 4.78 is 1.84. The Balaban J connectivity index is 1.34. The van der Waals surface area contributed by atoms with Crippen molar-refractivity contribution in [2.45, 2.75) is 33.9 Å². The summed E-state index contributed by atoms with van der Waals surface area (Å²) in [7, 11) is 0. The maximum absolute atomic E-state index is 13.0. The number of pyridine rings is 1. The van der Waals surface area contributed by atoms with Gasteiger partial charge in [-0.15, -0.1) is 35.3 Å². The first-order valence-electron chi connectivity index (χ1n) is 12.8. The van der Waals surface area contributed by atoms with Crippen LogP contribution < -0.4 is 15.6 Å². The molecule has 2 aliphatic rings. The third kappa shape index (κ3) is 8.26. The highest BCUT2D eigenvalue weighted by atomic mass is 35.5. The van der Waals surface area contributed by atoms with E-state index in [4.69, 9.17) is 28.3 Å². The fraction of sp³-hybridized carbons (Fsp3) is 0.296. The van der Waals surface area contributed by atoms with E-state index in [1.54, 1.807) is 0 Å². The molecule has 1 unspecified atom stereocenters. The van der Waals surface area contributed by atoms with E-state index in [-0.39, 0.29) is 21.5 Å². The lowest BCUT2D eigenvalue weighted by Gasteiger charge is -2.49. The molecular weight excluding hydrogens is 659 g/mol. The van der Waals surface area contributed by atoms with E-state index in [1.165, 1.54) is 46.6 Å². The molecule has 3 atom stereocenters. The van der Waals surface area contributed by atoms with E-state index in [9.17, 15) is 29.4 Å². The Kier molecular flexibility index (Phi) is 11.5. The third-order valence-electron chi connectivity index (χ3n) is 6.41. The predicted octanol–water partition coefficient (Wildman–Crippen LogP) is 1.60. The number of amides is 2. The summed E-state index contributed by atoms with van der Waals surface area (Å²) in [4.78, 5) is 51.3. The van der Waals surface area contributed by atoms with E-state index in [1.807, 2.05) is 29.1 Å². The average molecular weight is 688 g/mol. The predicted molar refractivity (Wildman–Crippen MR) is 165 cm³/mol. The topological polar surface area (TPSA) is 176 Å². The average Bonchev–Trinajstić information content (AvgIpc) is 2.98. The van der Waals surface area contributed by atoms with E-state index in [0.29, 0.717) is 40.6 Å². The van der Waals surface area contributed by atoms with Gasteiger partial charge in [0.1, 0.15) is 23.7 Å². The van der Waals surface area contributed by atoms with E-state index < -0.39 is 41.3 Å². The zero-order valence-electron chi connectivity index (χ0n) is 22.4. The van der Waals surface area contributed by atoms with Crippen LogP contribution in [0.15, 0.2) is 63.8 Å². The van der Waals surface area contributed by atoms with Gasteiger partial charge < -0.3 is 26.4 Å². The van der Waals surface area contributed by atoms with Crippen LogP contribution in [0.5, 0.6) is 0 Å². The van der Waals surface area contributed by atoms with Crippen LogP contribution in [0.2, 0.25) is 10.0 Å². The van der Waals surface area contributed by atoms with Crippen molar-refractivity contribution in [3.05, 3.63) is 69.6 Å². The maximum atomic E-state index is 13.0. The second-order valence-corrected chi connectivity index (χ2v) is 13.4. The zero-order chi connectivity index (χ0) is 31.3. The van der Waals surface area contributed by atoms with Gasteiger partial charge in [-0.2, -0.15) is 0 Å². The van der Waals surface area contributed by atoms with Crippen molar-refractivity contribution in [2.75, 3.05) is 23.8 Å². The number of fused-ring (bicyclic) bond motifs is 1. The lowest BCUT2D eigenvalue weighted by Crippen LogP contribution is -2.70. The van der Waals surface area contributed by atoms with Gasteiger partial charge in [-0.3, -0.25) is 14.5 Å². The minimum absolute atomic E-state index is 0.0517. The van der Waals surface area contributed by atoms with Gasteiger partial charge in [0, 0.05) is 44.5 Å². The van der Waals surface area contributed by atoms with Crippen LogP contribution in [0, 0.1) is 0 Å². The monoisotopic (exact) mass is 686 g/mol. The number of aromatic nitrogens is 1. The Morgan fingerprint density at radius 2 is 1.91 bits per heavy atom. The Morgan fingerprint density at radius 3 is 2.56 bits per heavy atom. The SMILES string of the molecule is [NH3+]CC(O)C[n+]1ccc(SCC2=C(C(=O)O)N3C(=O)[C@@H](NC(=O)CSc4cc(Cl)c(/C=C/C(=O)O)cc4Cl)[C@H]3SC2)cc1. The molecule has 1 aromatic carbocycles. The molecule has 0 bridgehead atoms. The molecular formula is C27H28Cl2N4O7S3+2. The number of aliphatic hydroxyl groups is 1. The first-order valence-corrected chi connectivity index (χ1v) is 16.6. The molecule has 7 N–H and O–H groups in total. The maximum Gasteiger partial charge on any atom is 0.352 e. The van der Waals surface area contributed by atoms with Crippen LogP contribution in [0.25, 0.3) is 6.08 Å².